The molecule has 0 aromatic heterocycles. The number of allylic oxidation sites excluding steroid dienone is 1. The zero-order chi connectivity index (χ0) is 9.40. The molecule has 0 rings (SSSR count). The Bertz CT molecular complexity index is 112. The van der Waals surface area contributed by atoms with Crippen molar-refractivity contribution in [2.45, 2.75) is 32.7 Å². The largest absolute Gasteiger partial charge is 0.395 e. The summed E-state index contributed by atoms with van der Waals surface area (Å²) in [5, 5.41) is 8.78. The predicted octanol–water partition coefficient (Wildman–Crippen LogP) is 1.66. The highest BCUT2D eigenvalue weighted by Gasteiger charge is 2.06. The van der Waals surface area contributed by atoms with Gasteiger partial charge in [-0.15, -0.1) is 6.58 Å². The van der Waals surface area contributed by atoms with Crippen molar-refractivity contribution in [2.24, 2.45) is 0 Å². The molecule has 0 heterocycles. The summed E-state index contributed by atoms with van der Waals surface area (Å²) in [4.78, 5) is 2.28. The Hall–Kier alpha value is -0.340. The lowest BCUT2D eigenvalue weighted by atomic mass is 10.2. The molecule has 0 amide bonds. The van der Waals surface area contributed by atoms with Crippen LogP contribution in [0.15, 0.2) is 12.7 Å². The molecule has 0 atom stereocenters. The monoisotopic (exact) mass is 171 g/mol. The summed E-state index contributed by atoms with van der Waals surface area (Å²) in [6, 6.07) is 0.530. The van der Waals surface area contributed by atoms with Crippen molar-refractivity contribution in [1.82, 2.24) is 4.90 Å². The van der Waals surface area contributed by atoms with E-state index in [0.717, 1.165) is 25.9 Å². The van der Waals surface area contributed by atoms with Crippen LogP contribution in [0.1, 0.15) is 26.7 Å². The lowest BCUT2D eigenvalue weighted by molar-refractivity contribution is 0.165. The Morgan fingerprint density at radius 1 is 1.42 bits per heavy atom. The van der Waals surface area contributed by atoms with Gasteiger partial charge in [0.2, 0.25) is 0 Å². The number of aliphatic hydroxyl groups is 1. The van der Waals surface area contributed by atoms with Gasteiger partial charge in [0.05, 0.1) is 6.61 Å². The van der Waals surface area contributed by atoms with Crippen LogP contribution in [0.25, 0.3) is 0 Å². The van der Waals surface area contributed by atoms with Crippen LogP contribution >= 0.6 is 0 Å². The zero-order valence-corrected chi connectivity index (χ0v) is 8.29. The van der Waals surface area contributed by atoms with Crippen molar-refractivity contribution in [1.29, 1.82) is 0 Å². The summed E-state index contributed by atoms with van der Waals surface area (Å²) in [5.41, 5.74) is 0. The van der Waals surface area contributed by atoms with E-state index >= 15 is 0 Å². The van der Waals surface area contributed by atoms with Crippen molar-refractivity contribution in [3.63, 3.8) is 0 Å². The highest BCUT2D eigenvalue weighted by atomic mass is 16.3. The Morgan fingerprint density at radius 3 is 2.50 bits per heavy atom. The van der Waals surface area contributed by atoms with Gasteiger partial charge in [-0.05, 0) is 33.2 Å². The molecule has 2 nitrogen and oxygen atoms in total. The standard InChI is InChI=1S/C10H21NO/c1-4-5-6-7-11(8-9-12)10(2)3/h4,10,12H,1,5-9H2,2-3H3. The first kappa shape index (κ1) is 11.7. The molecule has 0 fully saturated rings. The predicted molar refractivity (Wildman–Crippen MR) is 53.2 cm³/mol. The van der Waals surface area contributed by atoms with Gasteiger partial charge in [-0.1, -0.05) is 6.08 Å². The molecule has 0 aliphatic rings. The molecule has 0 saturated heterocycles. The first-order chi connectivity index (χ1) is 5.72. The molecule has 0 bridgehead atoms. The SMILES string of the molecule is C=CCCCN(CCO)C(C)C. The number of nitrogens with zero attached hydrogens (tertiary/aromatic N) is 1. The van der Waals surface area contributed by atoms with Gasteiger partial charge in [0.1, 0.15) is 0 Å². The highest BCUT2D eigenvalue weighted by molar-refractivity contribution is 4.69. The van der Waals surface area contributed by atoms with Gasteiger partial charge in [0.25, 0.3) is 0 Å². The molecular formula is C10H21NO. The summed E-state index contributed by atoms with van der Waals surface area (Å²) < 4.78 is 0. The average Bonchev–Trinajstić information content (AvgIpc) is 2.03. The third-order valence-electron chi connectivity index (χ3n) is 1.97. The van der Waals surface area contributed by atoms with Crippen LogP contribution in [0, 0.1) is 0 Å². The summed E-state index contributed by atoms with van der Waals surface area (Å²) in [5.74, 6) is 0. The van der Waals surface area contributed by atoms with E-state index in [2.05, 4.69) is 25.3 Å². The number of hydrogen-bond acceptors (Lipinski definition) is 2. The lowest BCUT2D eigenvalue weighted by Gasteiger charge is -2.25. The number of unbranched alkanes of at least 4 members (excludes halogenated alkanes) is 1. The van der Waals surface area contributed by atoms with Gasteiger partial charge < -0.3 is 5.11 Å². The van der Waals surface area contributed by atoms with Crippen LogP contribution in [0.3, 0.4) is 0 Å². The Kier molecular flexibility index (Phi) is 7.11. The highest BCUT2D eigenvalue weighted by Crippen LogP contribution is 2.00. The van der Waals surface area contributed by atoms with Crippen molar-refractivity contribution < 1.29 is 5.11 Å². The smallest absolute Gasteiger partial charge is 0.0558 e. The van der Waals surface area contributed by atoms with Crippen molar-refractivity contribution in [3.05, 3.63) is 12.7 Å². The van der Waals surface area contributed by atoms with E-state index in [9.17, 15) is 0 Å². The van der Waals surface area contributed by atoms with E-state index in [1.54, 1.807) is 0 Å². The van der Waals surface area contributed by atoms with Crippen LogP contribution < -0.4 is 0 Å². The number of hydrogen-bond donors (Lipinski definition) is 1. The van der Waals surface area contributed by atoms with Gasteiger partial charge in [-0.3, -0.25) is 4.90 Å². The number of aliphatic hydroxyl groups excluding tert-OH is 1. The van der Waals surface area contributed by atoms with Crippen LogP contribution in [-0.4, -0.2) is 35.7 Å². The van der Waals surface area contributed by atoms with Crippen LogP contribution in [0.2, 0.25) is 0 Å². The Labute approximate surface area is 75.9 Å². The summed E-state index contributed by atoms with van der Waals surface area (Å²) in [6.45, 7) is 10.1. The molecule has 0 unspecified atom stereocenters. The van der Waals surface area contributed by atoms with Gasteiger partial charge in [-0.2, -0.15) is 0 Å². The maximum atomic E-state index is 8.78. The molecule has 1 N–H and O–H groups in total. The molecule has 0 saturated carbocycles. The van der Waals surface area contributed by atoms with Crippen LogP contribution in [0.4, 0.5) is 0 Å². The Morgan fingerprint density at radius 2 is 2.08 bits per heavy atom. The molecule has 0 aromatic rings. The molecule has 2 heteroatoms. The van der Waals surface area contributed by atoms with E-state index in [1.807, 2.05) is 6.08 Å². The third kappa shape index (κ3) is 5.33. The van der Waals surface area contributed by atoms with E-state index in [0.29, 0.717) is 6.04 Å². The first-order valence-electron chi connectivity index (χ1n) is 4.68. The van der Waals surface area contributed by atoms with Crippen LogP contribution in [0.5, 0.6) is 0 Å². The Balaban J connectivity index is 3.55. The normalized spacial score (nSPS) is 11.1. The molecule has 0 radical (unpaired) electrons. The molecule has 0 aromatic carbocycles. The fourth-order valence-corrected chi connectivity index (χ4v) is 1.20. The van der Waals surface area contributed by atoms with E-state index in [4.69, 9.17) is 5.11 Å². The topological polar surface area (TPSA) is 23.5 Å². The molecular weight excluding hydrogens is 150 g/mol. The first-order valence-corrected chi connectivity index (χ1v) is 4.68. The molecule has 0 aliphatic carbocycles. The fourth-order valence-electron chi connectivity index (χ4n) is 1.20. The molecule has 0 spiro atoms. The maximum absolute atomic E-state index is 8.78. The third-order valence-corrected chi connectivity index (χ3v) is 1.97. The molecule has 12 heavy (non-hydrogen) atoms. The quantitative estimate of drug-likeness (QED) is 0.465. The van der Waals surface area contributed by atoms with E-state index in [-0.39, 0.29) is 6.61 Å². The fraction of sp³-hybridized carbons (Fsp3) is 0.800. The minimum atomic E-state index is 0.256. The van der Waals surface area contributed by atoms with E-state index in [1.165, 1.54) is 0 Å². The summed E-state index contributed by atoms with van der Waals surface area (Å²) in [7, 11) is 0. The molecule has 72 valence electrons. The average molecular weight is 171 g/mol. The van der Waals surface area contributed by atoms with Gasteiger partial charge in [-0.25, -0.2) is 0 Å². The van der Waals surface area contributed by atoms with Gasteiger partial charge >= 0.3 is 0 Å². The second-order valence-electron chi connectivity index (χ2n) is 3.28. The van der Waals surface area contributed by atoms with E-state index < -0.39 is 0 Å². The van der Waals surface area contributed by atoms with Crippen molar-refractivity contribution in [2.75, 3.05) is 19.7 Å². The number of rotatable bonds is 7. The van der Waals surface area contributed by atoms with Crippen molar-refractivity contribution >= 4 is 0 Å². The maximum Gasteiger partial charge on any atom is 0.0558 e. The second-order valence-corrected chi connectivity index (χ2v) is 3.28. The zero-order valence-electron chi connectivity index (χ0n) is 8.29. The minimum absolute atomic E-state index is 0.256. The minimum Gasteiger partial charge on any atom is -0.395 e. The summed E-state index contributed by atoms with van der Waals surface area (Å²) >= 11 is 0. The van der Waals surface area contributed by atoms with Gasteiger partial charge in [0.15, 0.2) is 0 Å². The van der Waals surface area contributed by atoms with Crippen molar-refractivity contribution in [3.8, 4) is 0 Å². The van der Waals surface area contributed by atoms with Crippen LogP contribution in [-0.2, 0) is 0 Å². The molecule has 0 aliphatic heterocycles. The second kappa shape index (κ2) is 7.32. The lowest BCUT2D eigenvalue weighted by Crippen LogP contribution is -2.34. The summed E-state index contributed by atoms with van der Waals surface area (Å²) in [6.07, 6.45) is 4.15. The van der Waals surface area contributed by atoms with Gasteiger partial charge in [0, 0.05) is 12.6 Å².